The topological polar surface area (TPSA) is 74.2 Å². The van der Waals surface area contributed by atoms with Gasteiger partial charge >= 0.3 is 5.97 Å². The van der Waals surface area contributed by atoms with Crippen molar-refractivity contribution in [2.45, 2.75) is 44.0 Å². The molecule has 1 aliphatic heterocycles. The number of ether oxygens (including phenoxy) is 4. The zero-order valence-electron chi connectivity index (χ0n) is 13.2. The molecule has 1 N–H and O–H groups in total. The van der Waals surface area contributed by atoms with E-state index in [1.807, 2.05) is 0 Å². The van der Waals surface area contributed by atoms with Crippen LogP contribution in [0.4, 0.5) is 0 Å². The molecule has 0 aromatic heterocycles. The van der Waals surface area contributed by atoms with Gasteiger partial charge in [-0.2, -0.15) is 0 Å². The van der Waals surface area contributed by atoms with Crippen LogP contribution in [-0.2, 0) is 9.47 Å². The Morgan fingerprint density at radius 3 is 2.78 bits per heavy atom. The van der Waals surface area contributed by atoms with Crippen molar-refractivity contribution in [3.63, 3.8) is 0 Å². The summed E-state index contributed by atoms with van der Waals surface area (Å²) in [5.74, 6) is -0.0575. The Morgan fingerprint density at radius 1 is 1.35 bits per heavy atom. The van der Waals surface area contributed by atoms with E-state index in [-0.39, 0.29) is 17.5 Å². The van der Waals surface area contributed by atoms with E-state index < -0.39 is 5.97 Å². The van der Waals surface area contributed by atoms with Gasteiger partial charge in [0.2, 0.25) is 0 Å². The zero-order valence-corrected chi connectivity index (χ0v) is 13.2. The van der Waals surface area contributed by atoms with Gasteiger partial charge in [0.1, 0.15) is 12.2 Å². The largest absolute Gasteiger partial charge is 0.493 e. The van der Waals surface area contributed by atoms with Crippen molar-refractivity contribution >= 4 is 5.97 Å². The third-order valence-corrected chi connectivity index (χ3v) is 4.23. The fraction of sp³-hybridized carbons (Fsp3) is 0.588. The van der Waals surface area contributed by atoms with E-state index in [1.165, 1.54) is 19.2 Å². The van der Waals surface area contributed by atoms with E-state index in [0.29, 0.717) is 18.1 Å². The second kappa shape index (κ2) is 6.76. The van der Waals surface area contributed by atoms with Crippen molar-refractivity contribution < 1.29 is 28.8 Å². The van der Waals surface area contributed by atoms with Gasteiger partial charge in [-0.25, -0.2) is 4.79 Å². The van der Waals surface area contributed by atoms with Gasteiger partial charge in [-0.1, -0.05) is 0 Å². The fourth-order valence-corrected chi connectivity index (χ4v) is 2.65. The fourth-order valence-electron chi connectivity index (χ4n) is 2.65. The molecule has 2 aliphatic rings. The molecule has 1 saturated heterocycles. The summed E-state index contributed by atoms with van der Waals surface area (Å²) in [4.78, 5) is 11.0. The summed E-state index contributed by atoms with van der Waals surface area (Å²) in [5.41, 5.74) is -0.111. The van der Waals surface area contributed by atoms with E-state index in [9.17, 15) is 4.79 Å². The highest BCUT2D eigenvalue weighted by molar-refractivity contribution is 5.88. The molecule has 23 heavy (non-hydrogen) atoms. The second-order valence-electron chi connectivity index (χ2n) is 6.06. The summed E-state index contributed by atoms with van der Waals surface area (Å²) < 4.78 is 22.7. The Labute approximate surface area is 135 Å². The molecule has 0 spiro atoms. The lowest BCUT2D eigenvalue weighted by Gasteiger charge is -2.28. The smallest absolute Gasteiger partial charge is 0.335 e. The average Bonchev–Trinajstić information content (AvgIpc) is 3.33. The van der Waals surface area contributed by atoms with Crippen molar-refractivity contribution in [2.24, 2.45) is 0 Å². The van der Waals surface area contributed by atoms with Gasteiger partial charge in [0.05, 0.1) is 12.7 Å². The van der Waals surface area contributed by atoms with Crippen LogP contribution in [0.15, 0.2) is 18.2 Å². The molecule has 1 heterocycles. The minimum atomic E-state index is -0.994. The molecule has 2 fully saturated rings. The van der Waals surface area contributed by atoms with E-state index >= 15 is 0 Å². The molecular formula is C17H22O6. The van der Waals surface area contributed by atoms with E-state index in [4.69, 9.17) is 24.1 Å². The van der Waals surface area contributed by atoms with Crippen molar-refractivity contribution in [1.29, 1.82) is 0 Å². The molecule has 1 saturated carbocycles. The number of carbonyl (C=O) groups is 1. The molecule has 6 nitrogen and oxygen atoms in total. The lowest BCUT2D eigenvalue weighted by molar-refractivity contribution is -0.202. The normalized spacial score (nSPS) is 22.4. The molecule has 126 valence electrons. The van der Waals surface area contributed by atoms with Gasteiger partial charge in [0.25, 0.3) is 0 Å². The average molecular weight is 322 g/mol. The predicted molar refractivity (Wildman–Crippen MR) is 82.1 cm³/mol. The molecule has 1 unspecified atom stereocenters. The number of hydrogen-bond donors (Lipinski definition) is 1. The minimum Gasteiger partial charge on any atom is -0.493 e. The number of hydrogen-bond acceptors (Lipinski definition) is 5. The Bertz CT molecular complexity index is 560. The molecule has 0 amide bonds. The Balaban J connectivity index is 1.60. The van der Waals surface area contributed by atoms with E-state index in [2.05, 4.69) is 0 Å². The molecule has 0 bridgehead atoms. The molecule has 3 rings (SSSR count). The standard InChI is InChI=1S/C17H22O6/c1-20-14-10-12(16(18)19)5-6-13(14)22-11-17(7-8-17)23-15-4-2-3-9-21-15/h5-6,10,15H,2-4,7-9,11H2,1H3,(H,18,19). The van der Waals surface area contributed by atoms with Crippen molar-refractivity contribution in [3.05, 3.63) is 23.8 Å². The van der Waals surface area contributed by atoms with Crippen LogP contribution in [0, 0.1) is 0 Å². The van der Waals surface area contributed by atoms with Gasteiger partial charge in [0, 0.05) is 6.61 Å². The highest BCUT2D eigenvalue weighted by atomic mass is 16.7. The van der Waals surface area contributed by atoms with Crippen molar-refractivity contribution in [1.82, 2.24) is 0 Å². The minimum absolute atomic E-state index is 0.133. The molecule has 6 heteroatoms. The number of carboxylic acids is 1. The van der Waals surface area contributed by atoms with Crippen LogP contribution in [0.2, 0.25) is 0 Å². The number of rotatable bonds is 7. The Hall–Kier alpha value is -1.79. The summed E-state index contributed by atoms with van der Waals surface area (Å²) >= 11 is 0. The summed E-state index contributed by atoms with van der Waals surface area (Å²) in [7, 11) is 1.49. The monoisotopic (exact) mass is 322 g/mol. The predicted octanol–water partition coefficient (Wildman–Crippen LogP) is 2.85. The van der Waals surface area contributed by atoms with Crippen molar-refractivity contribution in [2.75, 3.05) is 20.3 Å². The summed E-state index contributed by atoms with van der Waals surface area (Å²) in [5, 5.41) is 9.02. The SMILES string of the molecule is COc1cc(C(=O)O)ccc1OCC1(OC2CCCCO2)CC1. The highest BCUT2D eigenvalue weighted by Crippen LogP contribution is 2.43. The molecular weight excluding hydrogens is 300 g/mol. The number of benzene rings is 1. The first-order valence-electron chi connectivity index (χ1n) is 7.95. The highest BCUT2D eigenvalue weighted by Gasteiger charge is 2.47. The Kier molecular flexibility index (Phi) is 4.73. The van der Waals surface area contributed by atoms with Crippen LogP contribution in [0.3, 0.4) is 0 Å². The maximum absolute atomic E-state index is 11.0. The maximum atomic E-state index is 11.0. The van der Waals surface area contributed by atoms with Gasteiger partial charge < -0.3 is 24.1 Å². The van der Waals surface area contributed by atoms with Gasteiger partial charge in [0.15, 0.2) is 17.8 Å². The van der Waals surface area contributed by atoms with E-state index in [1.54, 1.807) is 6.07 Å². The van der Waals surface area contributed by atoms with Crippen LogP contribution in [0.5, 0.6) is 11.5 Å². The van der Waals surface area contributed by atoms with Crippen LogP contribution in [-0.4, -0.2) is 43.3 Å². The summed E-state index contributed by atoms with van der Waals surface area (Å²) in [6, 6.07) is 4.59. The van der Waals surface area contributed by atoms with Crippen LogP contribution < -0.4 is 9.47 Å². The first-order chi connectivity index (χ1) is 11.1. The molecule has 1 aromatic rings. The number of aromatic carboxylic acids is 1. The van der Waals surface area contributed by atoms with Crippen LogP contribution >= 0.6 is 0 Å². The van der Waals surface area contributed by atoms with Gasteiger partial charge in [-0.3, -0.25) is 0 Å². The van der Waals surface area contributed by atoms with Crippen LogP contribution in [0.25, 0.3) is 0 Å². The quantitative estimate of drug-likeness (QED) is 0.832. The third-order valence-electron chi connectivity index (χ3n) is 4.23. The lowest BCUT2D eigenvalue weighted by Crippen LogP contribution is -2.33. The second-order valence-corrected chi connectivity index (χ2v) is 6.06. The molecule has 1 atom stereocenters. The zero-order chi connectivity index (χ0) is 16.3. The number of carboxylic acid groups (broad SMARTS) is 1. The maximum Gasteiger partial charge on any atom is 0.335 e. The summed E-state index contributed by atoms with van der Waals surface area (Å²) in [6.07, 6.45) is 4.91. The van der Waals surface area contributed by atoms with Gasteiger partial charge in [-0.05, 0) is 50.3 Å². The third kappa shape index (κ3) is 3.95. The number of methoxy groups -OCH3 is 1. The molecule has 1 aromatic carbocycles. The van der Waals surface area contributed by atoms with Crippen LogP contribution in [0.1, 0.15) is 42.5 Å². The molecule has 0 radical (unpaired) electrons. The summed E-state index contributed by atoms with van der Waals surface area (Å²) in [6.45, 7) is 1.17. The first-order valence-corrected chi connectivity index (χ1v) is 7.95. The molecule has 1 aliphatic carbocycles. The lowest BCUT2D eigenvalue weighted by atomic mass is 10.2. The Morgan fingerprint density at radius 2 is 2.17 bits per heavy atom. The van der Waals surface area contributed by atoms with Gasteiger partial charge in [-0.15, -0.1) is 0 Å². The first kappa shape index (κ1) is 16.1. The van der Waals surface area contributed by atoms with E-state index in [0.717, 1.165) is 38.7 Å². The van der Waals surface area contributed by atoms with Crippen molar-refractivity contribution in [3.8, 4) is 11.5 Å².